The molecule has 3 aliphatic heterocycles. The number of hydrogen-bond acceptors (Lipinski definition) is 8. The first-order chi connectivity index (χ1) is 18.5. The van der Waals surface area contributed by atoms with Gasteiger partial charge in [0.25, 0.3) is 5.91 Å². The number of carbonyl (C=O) groups excluding carboxylic acids is 2. The van der Waals surface area contributed by atoms with Crippen LogP contribution < -0.4 is 14.8 Å². The number of aliphatic imine (C=N–C) groups is 1. The van der Waals surface area contributed by atoms with Crippen molar-refractivity contribution >= 4 is 38.8 Å². The Balaban J connectivity index is 1.41. The van der Waals surface area contributed by atoms with Crippen LogP contribution in [0.2, 0.25) is 0 Å². The molecule has 2 fully saturated rings. The van der Waals surface area contributed by atoms with Crippen molar-refractivity contribution in [1.29, 1.82) is 0 Å². The minimum atomic E-state index is -3.20. The van der Waals surface area contributed by atoms with Gasteiger partial charge in [-0.1, -0.05) is 48.2 Å². The van der Waals surface area contributed by atoms with Crippen LogP contribution in [-0.2, 0) is 32.3 Å². The molecule has 5 rings (SSSR count). The van der Waals surface area contributed by atoms with Crippen molar-refractivity contribution in [1.82, 2.24) is 10.2 Å². The number of sulfone groups is 1. The zero-order chi connectivity index (χ0) is 27.8. The molecule has 208 valence electrons. The topological polar surface area (TPSA) is 124 Å². The number of benzene rings is 2. The Morgan fingerprint density at radius 2 is 1.85 bits per heavy atom. The van der Waals surface area contributed by atoms with Gasteiger partial charge in [-0.15, -0.1) is 0 Å². The highest BCUT2D eigenvalue weighted by Crippen LogP contribution is 2.40. The van der Waals surface area contributed by atoms with E-state index in [-0.39, 0.29) is 36.0 Å². The van der Waals surface area contributed by atoms with E-state index in [9.17, 15) is 18.0 Å². The number of nitrogens with zero attached hydrogens (tertiary/aromatic N) is 2. The molecule has 2 saturated heterocycles. The van der Waals surface area contributed by atoms with Crippen molar-refractivity contribution in [2.24, 2.45) is 4.99 Å². The predicted molar refractivity (Wildman–Crippen MR) is 148 cm³/mol. The Morgan fingerprint density at radius 3 is 2.59 bits per heavy atom. The van der Waals surface area contributed by atoms with Gasteiger partial charge in [0.2, 0.25) is 6.79 Å². The Hall–Kier alpha value is -3.25. The molecule has 3 atom stereocenters. The van der Waals surface area contributed by atoms with Gasteiger partial charge in [0.1, 0.15) is 11.6 Å². The summed E-state index contributed by atoms with van der Waals surface area (Å²) in [5.74, 6) is 0.750. The van der Waals surface area contributed by atoms with Gasteiger partial charge in [0, 0.05) is 18.2 Å². The summed E-state index contributed by atoms with van der Waals surface area (Å²) >= 11 is 1.29. The van der Waals surface area contributed by atoms with Crippen molar-refractivity contribution in [3.63, 3.8) is 0 Å². The van der Waals surface area contributed by atoms with Crippen molar-refractivity contribution in [2.45, 2.75) is 56.7 Å². The SMILES string of the molecule is CC(C)(C)OC(=O)N[C@@H](Cc1ccccc1)C(=O)N=C1S[C@H]2CS(=O)(=O)C[C@@H]2N1Cc1ccc2c(c1)OCO2. The summed E-state index contributed by atoms with van der Waals surface area (Å²) in [6, 6.07) is 13.6. The minimum absolute atomic E-state index is 0.00791. The number of amides is 2. The number of alkyl carbamates (subject to hydrolysis) is 1. The highest BCUT2D eigenvalue weighted by Gasteiger charge is 2.49. The van der Waals surface area contributed by atoms with Crippen LogP contribution >= 0.6 is 11.8 Å². The summed E-state index contributed by atoms with van der Waals surface area (Å²) in [5, 5.41) is 2.88. The van der Waals surface area contributed by atoms with Gasteiger partial charge in [-0.2, -0.15) is 4.99 Å². The van der Waals surface area contributed by atoms with Gasteiger partial charge in [-0.25, -0.2) is 13.2 Å². The first kappa shape index (κ1) is 27.3. The Labute approximate surface area is 232 Å². The van der Waals surface area contributed by atoms with Crippen LogP contribution in [-0.4, -0.2) is 71.7 Å². The third kappa shape index (κ3) is 6.67. The monoisotopic (exact) mass is 573 g/mol. The fourth-order valence-corrected chi connectivity index (χ4v) is 8.68. The average molecular weight is 574 g/mol. The lowest BCUT2D eigenvalue weighted by Gasteiger charge is -2.25. The van der Waals surface area contributed by atoms with E-state index in [2.05, 4.69) is 10.3 Å². The third-order valence-corrected chi connectivity index (χ3v) is 9.69. The fraction of sp³-hybridized carbons (Fsp3) is 0.444. The van der Waals surface area contributed by atoms with Crippen molar-refractivity contribution in [3.8, 4) is 11.5 Å². The molecule has 1 N–H and O–H groups in total. The lowest BCUT2D eigenvalue weighted by Crippen LogP contribution is -2.45. The van der Waals surface area contributed by atoms with Crippen molar-refractivity contribution in [2.75, 3.05) is 18.3 Å². The highest BCUT2D eigenvalue weighted by atomic mass is 32.2. The van der Waals surface area contributed by atoms with Crippen LogP contribution in [0.3, 0.4) is 0 Å². The molecule has 0 aliphatic carbocycles. The second-order valence-corrected chi connectivity index (χ2v) is 14.1. The first-order valence-electron chi connectivity index (χ1n) is 12.6. The maximum Gasteiger partial charge on any atom is 0.408 e. The van der Waals surface area contributed by atoms with E-state index in [4.69, 9.17) is 14.2 Å². The molecule has 0 spiro atoms. The predicted octanol–water partition coefficient (Wildman–Crippen LogP) is 3.15. The Morgan fingerprint density at radius 1 is 1.10 bits per heavy atom. The standard InChI is InChI=1S/C27H31N3O7S2/c1-27(2,3)37-26(32)28-19(11-17-7-5-4-6-8-17)24(31)29-25-30(20-14-39(33,34)15-23(20)38-25)13-18-9-10-21-22(12-18)36-16-35-21/h4-10,12,19-20,23H,11,13-16H2,1-3H3,(H,28,32)/t19-,20-,23-/m0/s1. The lowest BCUT2D eigenvalue weighted by molar-refractivity contribution is -0.119. The van der Waals surface area contributed by atoms with Crippen molar-refractivity contribution in [3.05, 3.63) is 59.7 Å². The van der Waals surface area contributed by atoms with E-state index < -0.39 is 33.5 Å². The molecule has 3 aliphatic rings. The first-order valence-corrected chi connectivity index (χ1v) is 15.3. The summed E-state index contributed by atoms with van der Waals surface area (Å²) in [6.07, 6.45) is -0.486. The van der Waals surface area contributed by atoms with Crippen LogP contribution in [0.1, 0.15) is 31.9 Å². The molecule has 0 aromatic heterocycles. The molecule has 10 nitrogen and oxygen atoms in total. The van der Waals surface area contributed by atoms with Crippen LogP contribution in [0.15, 0.2) is 53.5 Å². The quantitative estimate of drug-likeness (QED) is 0.555. The van der Waals surface area contributed by atoms with Crippen LogP contribution in [0.5, 0.6) is 11.5 Å². The largest absolute Gasteiger partial charge is 0.454 e. The molecule has 2 aromatic carbocycles. The fourth-order valence-electron chi connectivity index (χ4n) is 4.73. The normalized spacial score (nSPS) is 22.9. The van der Waals surface area contributed by atoms with Gasteiger partial charge in [-0.05, 0) is 44.0 Å². The molecule has 0 bridgehead atoms. The summed E-state index contributed by atoms with van der Waals surface area (Å²) < 4.78 is 41.1. The summed E-state index contributed by atoms with van der Waals surface area (Å²) in [6.45, 7) is 5.73. The van der Waals surface area contributed by atoms with E-state index in [1.165, 1.54) is 11.8 Å². The molecule has 0 unspecified atom stereocenters. The highest BCUT2D eigenvalue weighted by molar-refractivity contribution is 8.15. The number of hydrogen-bond donors (Lipinski definition) is 1. The molecule has 0 radical (unpaired) electrons. The molecule has 39 heavy (non-hydrogen) atoms. The van der Waals surface area contributed by atoms with Gasteiger partial charge >= 0.3 is 6.09 Å². The van der Waals surface area contributed by atoms with Crippen molar-refractivity contribution < 1.29 is 32.2 Å². The molecule has 2 amide bonds. The van der Waals surface area contributed by atoms with E-state index in [0.29, 0.717) is 23.2 Å². The van der Waals surface area contributed by atoms with Gasteiger partial charge in [-0.3, -0.25) is 4.79 Å². The average Bonchev–Trinajstić information content (AvgIpc) is 3.51. The summed E-state index contributed by atoms with van der Waals surface area (Å²) in [4.78, 5) is 32.5. The molecule has 0 saturated carbocycles. The van der Waals surface area contributed by atoms with E-state index in [1.54, 1.807) is 20.8 Å². The minimum Gasteiger partial charge on any atom is -0.454 e. The summed E-state index contributed by atoms with van der Waals surface area (Å²) in [5.41, 5.74) is 0.992. The van der Waals surface area contributed by atoms with Crippen LogP contribution in [0, 0.1) is 0 Å². The van der Waals surface area contributed by atoms with Crippen LogP contribution in [0.25, 0.3) is 0 Å². The summed E-state index contributed by atoms with van der Waals surface area (Å²) in [7, 11) is -3.20. The molecular formula is C27H31N3O7S2. The number of amidine groups is 1. The Bertz CT molecular complexity index is 1390. The third-order valence-electron chi connectivity index (χ3n) is 6.44. The lowest BCUT2D eigenvalue weighted by atomic mass is 10.1. The second kappa shape index (κ2) is 10.7. The number of fused-ring (bicyclic) bond motifs is 2. The molecule has 2 aromatic rings. The zero-order valence-corrected chi connectivity index (χ0v) is 23.6. The second-order valence-electron chi connectivity index (χ2n) is 10.7. The van der Waals surface area contributed by atoms with Crippen LogP contribution in [0.4, 0.5) is 4.79 Å². The molecule has 12 heteroatoms. The van der Waals surface area contributed by atoms with E-state index in [1.807, 2.05) is 53.4 Å². The maximum atomic E-state index is 13.6. The zero-order valence-electron chi connectivity index (χ0n) is 22.0. The number of carbonyl (C=O) groups is 2. The van der Waals surface area contributed by atoms with Gasteiger partial charge < -0.3 is 24.4 Å². The molecular weight excluding hydrogens is 542 g/mol. The number of rotatable bonds is 6. The number of thioether (sulfide) groups is 1. The molecule has 3 heterocycles. The number of ether oxygens (including phenoxy) is 3. The Kier molecular flexibility index (Phi) is 7.51. The maximum absolute atomic E-state index is 13.6. The van der Waals surface area contributed by atoms with E-state index >= 15 is 0 Å². The number of nitrogens with one attached hydrogen (secondary N) is 1. The van der Waals surface area contributed by atoms with Gasteiger partial charge in [0.05, 0.1) is 17.5 Å². The smallest absolute Gasteiger partial charge is 0.408 e. The van der Waals surface area contributed by atoms with Gasteiger partial charge in [0.15, 0.2) is 26.5 Å². The van der Waals surface area contributed by atoms with E-state index in [0.717, 1.165) is 11.1 Å².